The normalized spacial score (nSPS) is 21.3. The third-order valence-electron chi connectivity index (χ3n) is 10.7. The zero-order valence-corrected chi connectivity index (χ0v) is 27.0. The zero-order valence-electron chi connectivity index (χ0n) is 27.0. The maximum absolute atomic E-state index is 12.6. The number of rotatable bonds is 11. The molecule has 1 aliphatic carbocycles. The molecule has 2 bridgehead atoms. The number of hydrogen-bond donors (Lipinski definition) is 2. The van der Waals surface area contributed by atoms with E-state index in [0.717, 1.165) is 37.5 Å². The second kappa shape index (κ2) is 13.0. The number of nitrogens with zero attached hydrogens (tertiary/aromatic N) is 5. The molecule has 3 aromatic carbocycles. The summed E-state index contributed by atoms with van der Waals surface area (Å²) in [4.78, 5) is 16.9. The number of piperidine rings is 1. The van der Waals surface area contributed by atoms with Gasteiger partial charge < -0.3 is 20.3 Å². The molecule has 240 valence electrons. The van der Waals surface area contributed by atoms with E-state index in [4.69, 9.17) is 10.8 Å². The minimum Gasteiger partial charge on any atom is -0.465 e. The van der Waals surface area contributed by atoms with Crippen LogP contribution >= 0.6 is 0 Å². The molecule has 2 aliphatic heterocycles. The van der Waals surface area contributed by atoms with Crippen molar-refractivity contribution in [2.75, 3.05) is 19.6 Å². The Morgan fingerprint density at radius 1 is 0.891 bits per heavy atom. The highest BCUT2D eigenvalue weighted by molar-refractivity contribution is 5.79. The Kier molecular flexibility index (Phi) is 8.66. The summed E-state index contributed by atoms with van der Waals surface area (Å²) in [6.45, 7) is 6.18. The van der Waals surface area contributed by atoms with Crippen LogP contribution < -0.4 is 5.73 Å². The molecule has 1 amide bonds. The summed E-state index contributed by atoms with van der Waals surface area (Å²) in [6.07, 6.45) is 5.18. The number of carboxylic acid groups (broad SMARTS) is 1. The van der Waals surface area contributed by atoms with Crippen molar-refractivity contribution < 1.29 is 9.90 Å². The van der Waals surface area contributed by atoms with Gasteiger partial charge in [0.15, 0.2) is 0 Å². The van der Waals surface area contributed by atoms with Crippen LogP contribution in [0.15, 0.2) is 78.9 Å². The third kappa shape index (κ3) is 5.84. The number of amides is 1. The molecule has 0 spiro atoms. The highest BCUT2D eigenvalue weighted by Gasteiger charge is 2.42. The lowest BCUT2D eigenvalue weighted by Gasteiger charge is -2.40. The van der Waals surface area contributed by atoms with E-state index in [9.17, 15) is 9.90 Å². The highest BCUT2D eigenvalue weighted by atomic mass is 16.4. The second-order valence-corrected chi connectivity index (χ2v) is 13.8. The first-order valence-corrected chi connectivity index (χ1v) is 17.0. The van der Waals surface area contributed by atoms with Crippen LogP contribution in [-0.4, -0.2) is 67.5 Å². The van der Waals surface area contributed by atoms with Crippen LogP contribution in [0.25, 0.3) is 11.1 Å². The number of carbonyl (C=O) groups is 1. The fourth-order valence-corrected chi connectivity index (χ4v) is 8.45. The smallest absolute Gasteiger partial charge is 0.407 e. The van der Waals surface area contributed by atoms with Gasteiger partial charge in [0.1, 0.15) is 11.6 Å². The fourth-order valence-electron chi connectivity index (χ4n) is 8.45. The van der Waals surface area contributed by atoms with Crippen molar-refractivity contribution in [3.05, 3.63) is 107 Å². The van der Waals surface area contributed by atoms with Gasteiger partial charge in [0.2, 0.25) is 0 Å². The van der Waals surface area contributed by atoms with E-state index >= 15 is 0 Å². The summed E-state index contributed by atoms with van der Waals surface area (Å²) in [5.74, 6) is 2.18. The molecule has 3 N–H and O–H groups in total. The van der Waals surface area contributed by atoms with E-state index in [2.05, 4.69) is 101 Å². The SMILES string of the molecule is CC(C)c1nnc(CCN(CC2c3ccccc3-c3ccccc32)C(=O)O)n1C1CC2CCC(C1)N2CCC(N)c1ccccc1. The van der Waals surface area contributed by atoms with Crippen LogP contribution in [-0.2, 0) is 6.42 Å². The van der Waals surface area contributed by atoms with Crippen molar-refractivity contribution in [1.29, 1.82) is 0 Å². The Bertz CT molecular complexity index is 1610. The van der Waals surface area contributed by atoms with Crippen molar-refractivity contribution in [3.63, 3.8) is 0 Å². The van der Waals surface area contributed by atoms with Gasteiger partial charge in [-0.25, -0.2) is 4.79 Å². The molecule has 0 saturated carbocycles. The van der Waals surface area contributed by atoms with Crippen molar-refractivity contribution in [2.45, 2.75) is 88.4 Å². The number of fused-ring (bicyclic) bond motifs is 5. The average molecular weight is 619 g/mol. The predicted molar refractivity (Wildman–Crippen MR) is 181 cm³/mol. The number of benzene rings is 3. The van der Waals surface area contributed by atoms with Gasteiger partial charge in [-0.05, 0) is 59.9 Å². The standard InChI is InChI=1S/C38H46N6O2/c1-25(2)37-41-40-36(19-20-42(38(45)46)24-34-32-14-8-6-12-30(32)31-13-7-9-15-33(31)34)44(37)29-22-27-16-17-28(23-29)43(27)21-18-35(39)26-10-4-3-5-11-26/h3-15,25,27-29,34-35H,16-24,39H2,1-2H3,(H,45,46). The first-order chi connectivity index (χ1) is 22.4. The molecule has 1 aromatic heterocycles. The Morgan fingerprint density at radius 3 is 2.11 bits per heavy atom. The number of aromatic nitrogens is 3. The van der Waals surface area contributed by atoms with Crippen LogP contribution in [0.1, 0.15) is 98.2 Å². The molecule has 3 unspecified atom stereocenters. The van der Waals surface area contributed by atoms with Gasteiger partial charge in [0.05, 0.1) is 0 Å². The van der Waals surface area contributed by atoms with E-state index in [0.29, 0.717) is 37.6 Å². The number of hydrogen-bond acceptors (Lipinski definition) is 5. The lowest BCUT2D eigenvalue weighted by molar-refractivity contribution is 0.101. The number of nitrogens with two attached hydrogens (primary N) is 1. The van der Waals surface area contributed by atoms with E-state index < -0.39 is 6.09 Å². The predicted octanol–water partition coefficient (Wildman–Crippen LogP) is 6.99. The molecule has 4 aromatic rings. The van der Waals surface area contributed by atoms with Gasteiger partial charge >= 0.3 is 6.09 Å². The van der Waals surface area contributed by atoms with Crippen molar-refractivity contribution in [2.24, 2.45) is 5.73 Å². The summed E-state index contributed by atoms with van der Waals surface area (Å²) in [6, 6.07) is 28.6. The molecule has 46 heavy (non-hydrogen) atoms. The average Bonchev–Trinajstić information content (AvgIpc) is 3.71. The lowest BCUT2D eigenvalue weighted by Crippen LogP contribution is -2.45. The molecule has 8 nitrogen and oxygen atoms in total. The van der Waals surface area contributed by atoms with Crippen LogP contribution in [0.4, 0.5) is 4.79 Å². The maximum atomic E-state index is 12.6. The second-order valence-electron chi connectivity index (χ2n) is 13.8. The summed E-state index contributed by atoms with van der Waals surface area (Å²) in [7, 11) is 0. The van der Waals surface area contributed by atoms with E-state index in [1.807, 2.05) is 6.07 Å². The summed E-state index contributed by atoms with van der Waals surface area (Å²) in [5.41, 5.74) is 12.6. The van der Waals surface area contributed by atoms with Gasteiger partial charge in [-0.2, -0.15) is 0 Å². The van der Waals surface area contributed by atoms with E-state index in [1.54, 1.807) is 4.90 Å². The fraction of sp³-hybridized carbons (Fsp3) is 0.447. The Balaban J connectivity index is 1.05. The molecule has 3 atom stereocenters. The molecule has 2 fully saturated rings. The molecule has 3 aliphatic rings. The van der Waals surface area contributed by atoms with Gasteiger partial charge in [-0.1, -0.05) is 92.7 Å². The molecular formula is C38H46N6O2. The van der Waals surface area contributed by atoms with Gasteiger partial charge in [-0.15, -0.1) is 10.2 Å². The zero-order chi connectivity index (χ0) is 31.8. The lowest BCUT2D eigenvalue weighted by atomic mass is 9.95. The largest absolute Gasteiger partial charge is 0.465 e. The van der Waals surface area contributed by atoms with Gasteiger partial charge in [0, 0.05) is 62.1 Å². The quantitative estimate of drug-likeness (QED) is 0.188. The van der Waals surface area contributed by atoms with Crippen LogP contribution in [0.3, 0.4) is 0 Å². The Hall–Kier alpha value is -4.01. The molecule has 2 saturated heterocycles. The third-order valence-corrected chi connectivity index (χ3v) is 10.7. The monoisotopic (exact) mass is 618 g/mol. The minimum atomic E-state index is -0.892. The van der Waals surface area contributed by atoms with Gasteiger partial charge in [-0.3, -0.25) is 4.90 Å². The summed E-state index contributed by atoms with van der Waals surface area (Å²) < 4.78 is 2.39. The summed E-state index contributed by atoms with van der Waals surface area (Å²) in [5, 5.41) is 19.7. The van der Waals surface area contributed by atoms with Crippen LogP contribution in [0.5, 0.6) is 0 Å². The van der Waals surface area contributed by atoms with Gasteiger partial charge in [0.25, 0.3) is 0 Å². The Labute approximate surface area is 272 Å². The molecular weight excluding hydrogens is 572 g/mol. The molecule has 3 heterocycles. The first-order valence-electron chi connectivity index (χ1n) is 17.0. The highest BCUT2D eigenvalue weighted by Crippen LogP contribution is 2.45. The Morgan fingerprint density at radius 2 is 1.50 bits per heavy atom. The van der Waals surface area contributed by atoms with Crippen molar-refractivity contribution >= 4 is 6.09 Å². The van der Waals surface area contributed by atoms with Crippen LogP contribution in [0, 0.1) is 0 Å². The molecule has 7 rings (SSSR count). The molecule has 0 radical (unpaired) electrons. The van der Waals surface area contributed by atoms with Crippen molar-refractivity contribution in [3.8, 4) is 11.1 Å². The topological polar surface area (TPSA) is 101 Å². The van der Waals surface area contributed by atoms with Crippen LogP contribution in [0.2, 0.25) is 0 Å². The minimum absolute atomic E-state index is 0.0163. The summed E-state index contributed by atoms with van der Waals surface area (Å²) >= 11 is 0. The van der Waals surface area contributed by atoms with E-state index in [-0.39, 0.29) is 17.9 Å². The van der Waals surface area contributed by atoms with E-state index in [1.165, 1.54) is 40.7 Å². The van der Waals surface area contributed by atoms with Crippen molar-refractivity contribution in [1.82, 2.24) is 24.6 Å². The first kappa shape index (κ1) is 30.6. The maximum Gasteiger partial charge on any atom is 0.407 e. The molecule has 8 heteroatoms.